The van der Waals surface area contributed by atoms with Crippen molar-refractivity contribution >= 4 is 5.65 Å². The van der Waals surface area contributed by atoms with E-state index in [1.54, 1.807) is 0 Å². The van der Waals surface area contributed by atoms with E-state index < -0.39 is 0 Å². The Morgan fingerprint density at radius 2 is 2.28 bits per heavy atom. The summed E-state index contributed by atoms with van der Waals surface area (Å²) in [5.41, 5.74) is 4.24. The van der Waals surface area contributed by atoms with Crippen LogP contribution in [0.15, 0.2) is 24.9 Å². The minimum absolute atomic E-state index is 0.270. The minimum atomic E-state index is 0.270. The summed E-state index contributed by atoms with van der Waals surface area (Å²) in [6.07, 6.45) is 4.84. The summed E-state index contributed by atoms with van der Waals surface area (Å²) in [5.74, 6) is 0. The summed E-state index contributed by atoms with van der Waals surface area (Å²) < 4.78 is 1.91. The maximum atomic E-state index is 4.46. The second-order valence-corrected chi connectivity index (χ2v) is 4.61. The van der Waals surface area contributed by atoms with E-state index in [0.29, 0.717) is 0 Å². The molecule has 2 rings (SSSR count). The van der Waals surface area contributed by atoms with Gasteiger partial charge in [0.05, 0.1) is 5.69 Å². The molecule has 0 aliphatic heterocycles. The zero-order valence-corrected chi connectivity index (χ0v) is 11.3. The quantitative estimate of drug-likeness (QED) is 0.649. The fraction of sp³-hybridized carbons (Fsp3) is 0.429. The van der Waals surface area contributed by atoms with Crippen LogP contribution < -0.4 is 5.32 Å². The highest BCUT2D eigenvalue weighted by atomic mass is 15.3. The van der Waals surface area contributed by atoms with Crippen molar-refractivity contribution in [3.63, 3.8) is 0 Å². The lowest BCUT2D eigenvalue weighted by molar-refractivity contribution is 0.571. The molecule has 0 saturated carbocycles. The Hall–Kier alpha value is -1.68. The largest absolute Gasteiger partial charge is 0.310 e. The van der Waals surface area contributed by atoms with Gasteiger partial charge < -0.3 is 5.32 Å². The molecule has 0 aromatic carbocycles. The molecule has 1 atom stereocenters. The summed E-state index contributed by atoms with van der Waals surface area (Å²) >= 11 is 0. The summed E-state index contributed by atoms with van der Waals surface area (Å²) in [7, 11) is 0. The Balaban J connectivity index is 2.27. The molecule has 96 valence electrons. The van der Waals surface area contributed by atoms with Crippen molar-refractivity contribution in [2.45, 2.75) is 33.2 Å². The van der Waals surface area contributed by atoms with Gasteiger partial charge in [-0.25, -0.2) is 9.50 Å². The molecule has 4 nitrogen and oxygen atoms in total. The van der Waals surface area contributed by atoms with Crippen molar-refractivity contribution in [1.82, 2.24) is 19.9 Å². The Morgan fingerprint density at radius 3 is 3.00 bits per heavy atom. The topological polar surface area (TPSA) is 42.2 Å². The predicted octanol–water partition coefficient (Wildman–Crippen LogP) is 2.57. The maximum absolute atomic E-state index is 4.46. The maximum Gasteiger partial charge on any atom is 0.155 e. The van der Waals surface area contributed by atoms with E-state index in [1.165, 1.54) is 5.56 Å². The van der Waals surface area contributed by atoms with Crippen LogP contribution in [0.5, 0.6) is 0 Å². The lowest BCUT2D eigenvalue weighted by atomic mass is 10.1. The van der Waals surface area contributed by atoms with Gasteiger partial charge in [0.15, 0.2) is 5.65 Å². The molecule has 2 heterocycles. The summed E-state index contributed by atoms with van der Waals surface area (Å²) in [5, 5.41) is 7.92. The third-order valence-corrected chi connectivity index (χ3v) is 3.15. The third kappa shape index (κ3) is 2.43. The van der Waals surface area contributed by atoms with Gasteiger partial charge in [-0.05, 0) is 33.7 Å². The number of nitrogens with zero attached hydrogens (tertiary/aromatic N) is 3. The van der Waals surface area contributed by atoms with Crippen LogP contribution >= 0.6 is 0 Å². The van der Waals surface area contributed by atoms with Crippen LogP contribution in [0.4, 0.5) is 0 Å². The van der Waals surface area contributed by atoms with Gasteiger partial charge in [-0.3, -0.25) is 0 Å². The van der Waals surface area contributed by atoms with Crippen LogP contribution in [-0.2, 0) is 0 Å². The summed E-state index contributed by atoms with van der Waals surface area (Å²) in [4.78, 5) is 4.45. The van der Waals surface area contributed by atoms with E-state index >= 15 is 0 Å². The van der Waals surface area contributed by atoms with E-state index in [2.05, 4.69) is 35.8 Å². The van der Waals surface area contributed by atoms with Crippen LogP contribution in [0.25, 0.3) is 5.65 Å². The highest BCUT2D eigenvalue weighted by molar-refractivity contribution is 5.42. The molecule has 0 aliphatic carbocycles. The average molecular weight is 244 g/mol. The SMILES string of the molecule is C=CCCNC(C)c1cnc2cc(C)nn2c1C. The first-order valence-corrected chi connectivity index (χ1v) is 6.29. The van der Waals surface area contributed by atoms with Crippen LogP contribution in [0, 0.1) is 13.8 Å². The van der Waals surface area contributed by atoms with Gasteiger partial charge in [0.25, 0.3) is 0 Å². The Bertz CT molecular complexity index is 556. The monoisotopic (exact) mass is 244 g/mol. The molecule has 2 aromatic heterocycles. The Morgan fingerprint density at radius 1 is 1.50 bits per heavy atom. The van der Waals surface area contributed by atoms with Gasteiger partial charge in [0, 0.05) is 29.6 Å². The predicted molar refractivity (Wildman–Crippen MR) is 73.7 cm³/mol. The molecule has 0 radical (unpaired) electrons. The molecule has 1 N–H and O–H groups in total. The number of aromatic nitrogens is 3. The highest BCUT2D eigenvalue weighted by Gasteiger charge is 2.12. The van der Waals surface area contributed by atoms with Crippen molar-refractivity contribution < 1.29 is 0 Å². The second kappa shape index (κ2) is 5.31. The molecule has 0 saturated heterocycles. The molecule has 2 aromatic rings. The van der Waals surface area contributed by atoms with E-state index in [4.69, 9.17) is 0 Å². The molecule has 0 amide bonds. The molecule has 1 unspecified atom stereocenters. The Kier molecular flexibility index (Phi) is 3.77. The average Bonchev–Trinajstić information content (AvgIpc) is 2.71. The van der Waals surface area contributed by atoms with Gasteiger partial charge in [0.2, 0.25) is 0 Å². The summed E-state index contributed by atoms with van der Waals surface area (Å²) in [6, 6.07) is 2.26. The fourth-order valence-corrected chi connectivity index (χ4v) is 2.11. The Labute approximate surface area is 108 Å². The summed E-state index contributed by atoms with van der Waals surface area (Å²) in [6.45, 7) is 10.9. The van der Waals surface area contributed by atoms with Crippen LogP contribution in [0.1, 0.15) is 36.3 Å². The van der Waals surface area contributed by atoms with Gasteiger partial charge in [-0.15, -0.1) is 6.58 Å². The van der Waals surface area contributed by atoms with Crippen LogP contribution in [0.2, 0.25) is 0 Å². The van der Waals surface area contributed by atoms with E-state index in [-0.39, 0.29) is 6.04 Å². The van der Waals surface area contributed by atoms with Crippen molar-refractivity contribution in [2.75, 3.05) is 6.54 Å². The normalized spacial score (nSPS) is 12.8. The van der Waals surface area contributed by atoms with E-state index in [1.807, 2.05) is 29.8 Å². The zero-order chi connectivity index (χ0) is 13.1. The van der Waals surface area contributed by atoms with Gasteiger partial charge in [-0.1, -0.05) is 6.08 Å². The second-order valence-electron chi connectivity index (χ2n) is 4.61. The molecule has 0 fully saturated rings. The lowest BCUT2D eigenvalue weighted by Gasteiger charge is -2.16. The standard InChI is InChI=1S/C14H20N4/c1-5-6-7-15-11(3)13-9-16-14-8-10(2)17-18(14)12(13)4/h5,8-9,11,15H,1,6-7H2,2-4H3. The number of aryl methyl sites for hydroxylation is 2. The van der Waals surface area contributed by atoms with E-state index in [9.17, 15) is 0 Å². The fourth-order valence-electron chi connectivity index (χ4n) is 2.11. The first-order chi connectivity index (χ1) is 8.63. The molecule has 18 heavy (non-hydrogen) atoms. The van der Waals surface area contributed by atoms with Crippen molar-refractivity contribution in [3.8, 4) is 0 Å². The van der Waals surface area contributed by atoms with Crippen LogP contribution in [0.3, 0.4) is 0 Å². The van der Waals surface area contributed by atoms with E-state index in [0.717, 1.165) is 30.0 Å². The number of hydrogen-bond acceptors (Lipinski definition) is 3. The van der Waals surface area contributed by atoms with Crippen molar-refractivity contribution in [1.29, 1.82) is 0 Å². The highest BCUT2D eigenvalue weighted by Crippen LogP contribution is 2.17. The molecule has 0 bridgehead atoms. The number of rotatable bonds is 5. The number of fused-ring (bicyclic) bond motifs is 1. The number of hydrogen-bond donors (Lipinski definition) is 1. The molecule has 0 aliphatic rings. The van der Waals surface area contributed by atoms with Crippen molar-refractivity contribution in [2.24, 2.45) is 0 Å². The van der Waals surface area contributed by atoms with Gasteiger partial charge >= 0.3 is 0 Å². The minimum Gasteiger partial charge on any atom is -0.310 e. The van der Waals surface area contributed by atoms with Crippen molar-refractivity contribution in [3.05, 3.63) is 41.9 Å². The third-order valence-electron chi connectivity index (χ3n) is 3.15. The lowest BCUT2D eigenvalue weighted by Crippen LogP contribution is -2.21. The number of nitrogens with one attached hydrogen (secondary N) is 1. The zero-order valence-electron chi connectivity index (χ0n) is 11.3. The smallest absolute Gasteiger partial charge is 0.155 e. The van der Waals surface area contributed by atoms with Crippen LogP contribution in [-0.4, -0.2) is 21.1 Å². The molecular formula is C14H20N4. The molecule has 0 spiro atoms. The molecule has 4 heteroatoms. The van der Waals surface area contributed by atoms with Gasteiger partial charge in [0.1, 0.15) is 0 Å². The molecular weight excluding hydrogens is 224 g/mol. The van der Waals surface area contributed by atoms with Gasteiger partial charge in [-0.2, -0.15) is 5.10 Å². The first-order valence-electron chi connectivity index (χ1n) is 6.29. The first kappa shape index (κ1) is 12.8.